The van der Waals surface area contributed by atoms with E-state index >= 15 is 0 Å². The van der Waals surface area contributed by atoms with E-state index in [9.17, 15) is 9.59 Å². The van der Waals surface area contributed by atoms with Gasteiger partial charge in [-0.1, -0.05) is 30.0 Å². The van der Waals surface area contributed by atoms with Crippen LogP contribution in [0.1, 0.15) is 27.6 Å². The summed E-state index contributed by atoms with van der Waals surface area (Å²) in [6.45, 7) is 2.09. The molecule has 0 amide bonds. The second-order valence-electron chi connectivity index (χ2n) is 7.77. The molecular formula is C26H21N3O5S. The topological polar surface area (TPSA) is 100 Å². The lowest BCUT2D eigenvalue weighted by atomic mass is 10.1. The van der Waals surface area contributed by atoms with Crippen molar-refractivity contribution in [2.24, 2.45) is 0 Å². The van der Waals surface area contributed by atoms with Crippen molar-refractivity contribution in [3.05, 3.63) is 100 Å². The fraction of sp³-hybridized carbons (Fsp3) is 0.154. The molecule has 0 unspecified atom stereocenters. The summed E-state index contributed by atoms with van der Waals surface area (Å²) in [7, 11) is 1.31. The summed E-state index contributed by atoms with van der Waals surface area (Å²) >= 11 is 1.37. The zero-order valence-electron chi connectivity index (χ0n) is 19.1. The van der Waals surface area contributed by atoms with E-state index in [0.717, 1.165) is 11.3 Å². The van der Waals surface area contributed by atoms with Crippen LogP contribution < -0.4 is 5.56 Å². The number of carbonyl (C=O) groups is 1. The molecule has 5 aromatic rings. The monoisotopic (exact) mass is 487 g/mol. The molecule has 5 rings (SSSR count). The first-order chi connectivity index (χ1) is 17.0. The molecule has 3 aromatic heterocycles. The molecule has 0 saturated heterocycles. The van der Waals surface area contributed by atoms with Gasteiger partial charge in [0.2, 0.25) is 5.89 Å². The number of fused-ring (bicyclic) bond motifs is 1. The molecular weight excluding hydrogens is 466 g/mol. The van der Waals surface area contributed by atoms with Gasteiger partial charge in [0, 0.05) is 11.3 Å². The molecule has 0 aliphatic carbocycles. The summed E-state index contributed by atoms with van der Waals surface area (Å²) in [6, 6.07) is 18.0. The molecule has 0 spiro atoms. The zero-order chi connectivity index (χ0) is 24.4. The van der Waals surface area contributed by atoms with Gasteiger partial charge in [-0.05, 0) is 49.4 Å². The van der Waals surface area contributed by atoms with Crippen molar-refractivity contribution in [2.45, 2.75) is 24.4 Å². The van der Waals surface area contributed by atoms with Gasteiger partial charge in [0.1, 0.15) is 11.5 Å². The van der Waals surface area contributed by atoms with Crippen LogP contribution in [0.2, 0.25) is 0 Å². The molecule has 0 fully saturated rings. The number of ether oxygens (including phenoxy) is 1. The number of esters is 1. The lowest BCUT2D eigenvalue weighted by Gasteiger charge is -2.12. The Bertz CT molecular complexity index is 1560. The van der Waals surface area contributed by atoms with Crippen molar-refractivity contribution in [2.75, 3.05) is 7.11 Å². The van der Waals surface area contributed by atoms with E-state index in [1.54, 1.807) is 41.2 Å². The third-order valence-corrected chi connectivity index (χ3v) is 6.47. The average molecular weight is 488 g/mol. The molecule has 3 heterocycles. The standard InChI is InChI=1S/C26H21N3O5S/c1-16-22(27-23(34-16)17-7-4-3-5-8-17)15-35-26-28-21-13-18(25(31)32-2)10-11-20(21)24(30)29(26)14-19-9-6-12-33-19/h3-13H,14-15H2,1-2H3. The lowest BCUT2D eigenvalue weighted by molar-refractivity contribution is 0.0601. The highest BCUT2D eigenvalue weighted by Gasteiger charge is 2.18. The molecule has 0 aliphatic heterocycles. The van der Waals surface area contributed by atoms with E-state index in [1.165, 1.54) is 18.9 Å². The highest BCUT2D eigenvalue weighted by Crippen LogP contribution is 2.28. The second kappa shape index (κ2) is 9.63. The van der Waals surface area contributed by atoms with Crippen LogP contribution >= 0.6 is 11.8 Å². The molecule has 0 radical (unpaired) electrons. The first kappa shape index (κ1) is 22.7. The van der Waals surface area contributed by atoms with Crippen LogP contribution in [-0.4, -0.2) is 27.6 Å². The normalized spacial score (nSPS) is 11.1. The van der Waals surface area contributed by atoms with E-state index in [0.29, 0.717) is 44.8 Å². The van der Waals surface area contributed by atoms with E-state index < -0.39 is 5.97 Å². The number of nitrogens with zero attached hydrogens (tertiary/aromatic N) is 3. The van der Waals surface area contributed by atoms with Crippen molar-refractivity contribution in [1.82, 2.24) is 14.5 Å². The van der Waals surface area contributed by atoms with Crippen molar-refractivity contribution < 1.29 is 18.4 Å². The van der Waals surface area contributed by atoms with E-state index in [-0.39, 0.29) is 12.1 Å². The van der Waals surface area contributed by atoms with Gasteiger partial charge in [-0.25, -0.2) is 14.8 Å². The molecule has 0 N–H and O–H groups in total. The SMILES string of the molecule is COC(=O)c1ccc2c(=O)n(Cc3ccco3)c(SCc3nc(-c4ccccc4)oc3C)nc2c1. The van der Waals surface area contributed by atoms with Gasteiger partial charge >= 0.3 is 5.97 Å². The Morgan fingerprint density at radius 1 is 1.09 bits per heavy atom. The predicted molar refractivity (Wildman–Crippen MR) is 131 cm³/mol. The molecule has 0 bridgehead atoms. The number of methoxy groups -OCH3 is 1. The highest BCUT2D eigenvalue weighted by atomic mass is 32.2. The van der Waals surface area contributed by atoms with Gasteiger partial charge in [0.15, 0.2) is 5.16 Å². The number of aromatic nitrogens is 3. The van der Waals surface area contributed by atoms with Crippen molar-refractivity contribution in [3.8, 4) is 11.5 Å². The summed E-state index contributed by atoms with van der Waals surface area (Å²) in [5.74, 6) is 1.82. The fourth-order valence-electron chi connectivity index (χ4n) is 3.65. The maximum Gasteiger partial charge on any atom is 0.337 e. The smallest absolute Gasteiger partial charge is 0.337 e. The zero-order valence-corrected chi connectivity index (χ0v) is 19.9. The maximum atomic E-state index is 13.4. The first-order valence-corrected chi connectivity index (χ1v) is 11.8. The van der Waals surface area contributed by atoms with Crippen LogP contribution in [0, 0.1) is 6.92 Å². The Hall–Kier alpha value is -4.11. The number of carbonyl (C=O) groups excluding carboxylic acids is 1. The first-order valence-electron chi connectivity index (χ1n) is 10.8. The summed E-state index contributed by atoms with van der Waals surface area (Å²) in [5, 5.41) is 0.877. The van der Waals surface area contributed by atoms with Crippen LogP contribution in [0.3, 0.4) is 0 Å². The van der Waals surface area contributed by atoms with Crippen LogP contribution in [0.15, 0.2) is 85.7 Å². The van der Waals surface area contributed by atoms with Crippen LogP contribution in [0.25, 0.3) is 22.4 Å². The van der Waals surface area contributed by atoms with Crippen molar-refractivity contribution in [3.63, 3.8) is 0 Å². The molecule has 8 nitrogen and oxygen atoms in total. The predicted octanol–water partition coefficient (Wildman–Crippen LogP) is 5.08. The Kier molecular flexibility index (Phi) is 6.24. The molecule has 0 atom stereocenters. The van der Waals surface area contributed by atoms with Crippen LogP contribution in [-0.2, 0) is 17.0 Å². The quantitative estimate of drug-likeness (QED) is 0.178. The number of furan rings is 1. The summed E-state index contributed by atoms with van der Waals surface area (Å²) in [5.41, 5.74) is 2.16. The number of thioether (sulfide) groups is 1. The molecule has 0 saturated carbocycles. The highest BCUT2D eigenvalue weighted by molar-refractivity contribution is 7.98. The van der Waals surface area contributed by atoms with E-state index in [4.69, 9.17) is 18.6 Å². The third-order valence-electron chi connectivity index (χ3n) is 5.49. The average Bonchev–Trinajstić information content (AvgIpc) is 3.54. The third kappa shape index (κ3) is 4.63. The minimum absolute atomic E-state index is 0.225. The van der Waals surface area contributed by atoms with Gasteiger partial charge < -0.3 is 13.6 Å². The van der Waals surface area contributed by atoms with Crippen LogP contribution in [0.5, 0.6) is 0 Å². The number of oxazole rings is 1. The summed E-state index contributed by atoms with van der Waals surface area (Å²) in [6.07, 6.45) is 1.56. The van der Waals surface area contributed by atoms with Gasteiger partial charge in [0.05, 0.1) is 42.1 Å². The number of benzene rings is 2. The van der Waals surface area contributed by atoms with Crippen molar-refractivity contribution in [1.29, 1.82) is 0 Å². The molecule has 2 aromatic carbocycles. The summed E-state index contributed by atoms with van der Waals surface area (Å²) < 4.78 is 17.7. The number of rotatable bonds is 7. The van der Waals surface area contributed by atoms with Gasteiger partial charge in [-0.2, -0.15) is 0 Å². The van der Waals surface area contributed by atoms with E-state index in [2.05, 4.69) is 4.98 Å². The Balaban J connectivity index is 1.52. The molecule has 9 heteroatoms. The minimum atomic E-state index is -0.491. The largest absolute Gasteiger partial charge is 0.467 e. The minimum Gasteiger partial charge on any atom is -0.467 e. The fourth-order valence-corrected chi connectivity index (χ4v) is 4.65. The lowest BCUT2D eigenvalue weighted by Crippen LogP contribution is -2.24. The maximum absolute atomic E-state index is 13.4. The Morgan fingerprint density at radius 3 is 2.66 bits per heavy atom. The Morgan fingerprint density at radius 2 is 1.91 bits per heavy atom. The molecule has 0 aliphatic rings. The Labute approximate surface area is 204 Å². The van der Waals surface area contributed by atoms with Crippen LogP contribution in [0.4, 0.5) is 0 Å². The number of hydrogen-bond acceptors (Lipinski definition) is 8. The second-order valence-corrected chi connectivity index (χ2v) is 8.71. The van der Waals surface area contributed by atoms with Gasteiger partial charge in [-0.3, -0.25) is 9.36 Å². The molecule has 176 valence electrons. The number of hydrogen-bond donors (Lipinski definition) is 0. The van der Waals surface area contributed by atoms with Crippen molar-refractivity contribution >= 4 is 28.6 Å². The van der Waals surface area contributed by atoms with E-state index in [1.807, 2.05) is 37.3 Å². The molecule has 35 heavy (non-hydrogen) atoms. The summed E-state index contributed by atoms with van der Waals surface area (Å²) in [4.78, 5) is 34.8. The number of aryl methyl sites for hydroxylation is 1. The van der Waals surface area contributed by atoms with Gasteiger partial charge in [-0.15, -0.1) is 0 Å². The van der Waals surface area contributed by atoms with Gasteiger partial charge in [0.25, 0.3) is 5.56 Å².